The molecule has 10 heteroatoms. The lowest BCUT2D eigenvalue weighted by Gasteiger charge is -2.10. The third-order valence-electron chi connectivity index (χ3n) is 5.24. The fraction of sp³-hybridized carbons (Fsp3) is 0.0800. The molecule has 0 spiro atoms. The summed E-state index contributed by atoms with van der Waals surface area (Å²) in [6, 6.07) is 20.8. The summed E-state index contributed by atoms with van der Waals surface area (Å²) in [5.74, 6) is 0.834. The van der Waals surface area contributed by atoms with Crippen LogP contribution in [0.25, 0.3) is 28.0 Å². The largest absolute Gasteiger partial charge is 0.492 e. The van der Waals surface area contributed by atoms with Crippen molar-refractivity contribution in [3.8, 4) is 22.7 Å². The number of para-hydroxylation sites is 1. The van der Waals surface area contributed by atoms with Crippen molar-refractivity contribution in [1.29, 1.82) is 0 Å². The zero-order chi connectivity index (χ0) is 24.4. The van der Waals surface area contributed by atoms with Crippen molar-refractivity contribution >= 4 is 46.0 Å². The molecule has 3 N–H and O–H groups in total. The van der Waals surface area contributed by atoms with Crippen molar-refractivity contribution in [3.63, 3.8) is 0 Å². The highest BCUT2D eigenvalue weighted by molar-refractivity contribution is 6.42. The van der Waals surface area contributed by atoms with E-state index < -0.39 is 5.82 Å². The highest BCUT2D eigenvalue weighted by atomic mass is 35.5. The highest BCUT2D eigenvalue weighted by Gasteiger charge is 2.21. The zero-order valence-corrected chi connectivity index (χ0v) is 19.8. The van der Waals surface area contributed by atoms with Gasteiger partial charge in [-0.25, -0.2) is 14.1 Å². The molecule has 0 atom stereocenters. The van der Waals surface area contributed by atoms with E-state index in [0.29, 0.717) is 45.6 Å². The van der Waals surface area contributed by atoms with E-state index in [9.17, 15) is 4.39 Å². The third kappa shape index (κ3) is 4.71. The van der Waals surface area contributed by atoms with Crippen LogP contribution in [0.1, 0.15) is 0 Å². The fourth-order valence-corrected chi connectivity index (χ4v) is 3.89. The van der Waals surface area contributed by atoms with Crippen LogP contribution in [0, 0.1) is 5.82 Å². The molecular weight excluding hydrogens is 490 g/mol. The van der Waals surface area contributed by atoms with Crippen molar-refractivity contribution in [2.24, 2.45) is 0 Å². The van der Waals surface area contributed by atoms with Gasteiger partial charge in [-0.05, 0) is 42.5 Å². The molecule has 35 heavy (non-hydrogen) atoms. The van der Waals surface area contributed by atoms with Gasteiger partial charge in [-0.3, -0.25) is 0 Å². The number of nitrogens with two attached hydrogens (primary N) is 1. The van der Waals surface area contributed by atoms with E-state index >= 15 is 0 Å². The van der Waals surface area contributed by atoms with Crippen LogP contribution in [0.5, 0.6) is 5.75 Å². The van der Waals surface area contributed by atoms with Gasteiger partial charge in [-0.2, -0.15) is 4.98 Å². The van der Waals surface area contributed by atoms with Gasteiger partial charge in [0.1, 0.15) is 24.0 Å². The minimum Gasteiger partial charge on any atom is -0.492 e. The molecule has 3 aromatic carbocycles. The minimum absolute atomic E-state index is 0.246. The molecule has 0 amide bonds. The van der Waals surface area contributed by atoms with E-state index in [1.54, 1.807) is 36.4 Å². The normalized spacial score (nSPS) is 11.1. The Bertz CT molecular complexity index is 1510. The Morgan fingerprint density at radius 1 is 0.943 bits per heavy atom. The lowest BCUT2D eigenvalue weighted by Crippen LogP contribution is -2.13. The van der Waals surface area contributed by atoms with Gasteiger partial charge >= 0.3 is 0 Å². The van der Waals surface area contributed by atoms with Gasteiger partial charge < -0.3 is 15.8 Å². The quantitative estimate of drug-likeness (QED) is 0.262. The lowest BCUT2D eigenvalue weighted by atomic mass is 10.1. The van der Waals surface area contributed by atoms with Gasteiger partial charge in [0.15, 0.2) is 5.65 Å². The molecule has 2 aromatic heterocycles. The number of nitrogens with one attached hydrogen (secondary N) is 1. The molecule has 0 bridgehead atoms. The van der Waals surface area contributed by atoms with Crippen LogP contribution in [0.3, 0.4) is 0 Å². The monoisotopic (exact) mass is 508 g/mol. The molecule has 0 aliphatic rings. The fourth-order valence-electron chi connectivity index (χ4n) is 3.60. The third-order valence-corrected chi connectivity index (χ3v) is 5.98. The Labute approximate surface area is 210 Å². The molecule has 0 aliphatic heterocycles. The first-order valence-corrected chi connectivity index (χ1v) is 11.4. The summed E-state index contributed by atoms with van der Waals surface area (Å²) in [7, 11) is 0. The van der Waals surface area contributed by atoms with Gasteiger partial charge in [0.2, 0.25) is 5.95 Å². The standard InChI is InChI=1S/C25H19Cl2FN6O/c26-18-11-10-15(14-19(18)27)34-23(29)21-22(17-8-4-5-9-20(17)28)31-25(32-24(21)33-34)30-12-13-35-16-6-2-1-3-7-16/h1-11,14H,12-13,29H2,(H,30,32,33). The zero-order valence-electron chi connectivity index (χ0n) is 18.3. The second-order valence-electron chi connectivity index (χ2n) is 7.56. The second kappa shape index (κ2) is 9.77. The number of benzene rings is 3. The van der Waals surface area contributed by atoms with Gasteiger partial charge in [0.25, 0.3) is 0 Å². The van der Waals surface area contributed by atoms with Crippen molar-refractivity contribution in [3.05, 3.63) is 88.7 Å². The summed E-state index contributed by atoms with van der Waals surface area (Å²) in [6.07, 6.45) is 0. The predicted octanol–water partition coefficient (Wildman–Crippen LogP) is 6.00. The van der Waals surface area contributed by atoms with Crippen LogP contribution in [0.4, 0.5) is 16.2 Å². The van der Waals surface area contributed by atoms with Crippen LogP contribution < -0.4 is 15.8 Å². The maximum Gasteiger partial charge on any atom is 0.225 e. The summed E-state index contributed by atoms with van der Waals surface area (Å²) >= 11 is 12.2. The van der Waals surface area contributed by atoms with Crippen LogP contribution in [-0.4, -0.2) is 32.9 Å². The molecule has 7 nitrogen and oxygen atoms in total. The molecule has 5 rings (SSSR count). The maximum absolute atomic E-state index is 14.8. The number of nitrogens with zero attached hydrogens (tertiary/aromatic N) is 4. The molecule has 5 aromatic rings. The molecule has 176 valence electrons. The van der Waals surface area contributed by atoms with E-state index in [4.69, 9.17) is 33.7 Å². The van der Waals surface area contributed by atoms with Gasteiger partial charge in [0.05, 0.1) is 33.4 Å². The molecule has 0 aliphatic carbocycles. The number of rotatable bonds is 7. The van der Waals surface area contributed by atoms with E-state index in [1.807, 2.05) is 30.3 Å². The van der Waals surface area contributed by atoms with E-state index in [0.717, 1.165) is 5.75 Å². The smallest absolute Gasteiger partial charge is 0.225 e. The second-order valence-corrected chi connectivity index (χ2v) is 8.37. The predicted molar refractivity (Wildman–Crippen MR) is 137 cm³/mol. The van der Waals surface area contributed by atoms with Crippen molar-refractivity contribution < 1.29 is 9.13 Å². The molecule has 0 fully saturated rings. The number of halogens is 3. The summed E-state index contributed by atoms with van der Waals surface area (Å²) in [5, 5.41) is 8.85. The Morgan fingerprint density at radius 3 is 2.49 bits per heavy atom. The number of hydrogen-bond donors (Lipinski definition) is 2. The van der Waals surface area contributed by atoms with Gasteiger partial charge in [-0.1, -0.05) is 53.5 Å². The number of hydrogen-bond acceptors (Lipinski definition) is 6. The molecule has 0 unspecified atom stereocenters. The summed E-state index contributed by atoms with van der Waals surface area (Å²) in [4.78, 5) is 9.09. The average molecular weight is 509 g/mol. The molecular formula is C25H19Cl2FN6O. The van der Waals surface area contributed by atoms with Gasteiger partial charge in [0, 0.05) is 5.56 Å². The first kappa shape index (κ1) is 22.9. The first-order valence-electron chi connectivity index (χ1n) is 10.7. The summed E-state index contributed by atoms with van der Waals surface area (Å²) in [5.41, 5.74) is 7.95. The number of anilines is 2. The molecule has 2 heterocycles. The molecule has 0 saturated heterocycles. The lowest BCUT2D eigenvalue weighted by molar-refractivity contribution is 0.332. The number of ether oxygens (including phenoxy) is 1. The van der Waals surface area contributed by atoms with Crippen molar-refractivity contribution in [2.75, 3.05) is 24.2 Å². The SMILES string of the molecule is Nc1c2c(-c3ccccc3F)nc(NCCOc3ccccc3)nc2nn1-c1ccc(Cl)c(Cl)c1. The van der Waals surface area contributed by atoms with Crippen molar-refractivity contribution in [1.82, 2.24) is 19.7 Å². The molecule has 0 saturated carbocycles. The van der Waals surface area contributed by atoms with E-state index in [-0.39, 0.29) is 17.3 Å². The Hall–Kier alpha value is -3.88. The van der Waals surface area contributed by atoms with Gasteiger partial charge in [-0.15, -0.1) is 5.10 Å². The van der Waals surface area contributed by atoms with E-state index in [1.165, 1.54) is 10.7 Å². The molecule has 0 radical (unpaired) electrons. The maximum atomic E-state index is 14.8. The summed E-state index contributed by atoms with van der Waals surface area (Å²) < 4.78 is 22.0. The topological polar surface area (TPSA) is 90.9 Å². The first-order chi connectivity index (χ1) is 17.0. The van der Waals surface area contributed by atoms with Crippen LogP contribution in [-0.2, 0) is 0 Å². The average Bonchev–Trinajstić information content (AvgIpc) is 3.20. The number of nitrogen functional groups attached to an aromatic ring is 1. The van der Waals surface area contributed by atoms with Crippen LogP contribution in [0.2, 0.25) is 10.0 Å². The van der Waals surface area contributed by atoms with Crippen LogP contribution >= 0.6 is 23.2 Å². The minimum atomic E-state index is -0.437. The Morgan fingerprint density at radius 2 is 1.71 bits per heavy atom. The van der Waals surface area contributed by atoms with Crippen LogP contribution in [0.15, 0.2) is 72.8 Å². The highest BCUT2D eigenvalue weighted by Crippen LogP contribution is 2.35. The van der Waals surface area contributed by atoms with Crippen molar-refractivity contribution in [2.45, 2.75) is 0 Å². The van der Waals surface area contributed by atoms with E-state index in [2.05, 4.69) is 20.4 Å². The summed E-state index contributed by atoms with van der Waals surface area (Å²) in [6.45, 7) is 0.792. The number of aromatic nitrogens is 4. The Kier molecular flexibility index (Phi) is 6.39. The number of fused-ring (bicyclic) bond motifs is 1. The Balaban J connectivity index is 1.54.